The van der Waals surface area contributed by atoms with Gasteiger partial charge in [-0.2, -0.15) is 5.26 Å². The SMILES string of the molecule is N#Cc1ccc(-c2ccc(CN3CCC(O)=C(C(=O)NCC(=O)O)C3=O)cc2)cc1. The fourth-order valence-electron chi connectivity index (χ4n) is 3.13. The first-order valence-electron chi connectivity index (χ1n) is 9.20. The highest BCUT2D eigenvalue weighted by Gasteiger charge is 2.32. The number of amides is 2. The highest BCUT2D eigenvalue weighted by molar-refractivity contribution is 6.19. The molecular weight excluding hydrogens is 386 g/mol. The highest BCUT2D eigenvalue weighted by atomic mass is 16.4. The summed E-state index contributed by atoms with van der Waals surface area (Å²) in [7, 11) is 0. The average molecular weight is 405 g/mol. The number of carboxylic acids is 1. The summed E-state index contributed by atoms with van der Waals surface area (Å²) in [4.78, 5) is 36.8. The third-order valence-corrected chi connectivity index (χ3v) is 4.71. The van der Waals surface area contributed by atoms with Gasteiger partial charge in [0.2, 0.25) is 0 Å². The number of aliphatic carboxylic acids is 1. The summed E-state index contributed by atoms with van der Waals surface area (Å²) in [5, 5.41) is 29.6. The second-order valence-electron chi connectivity index (χ2n) is 6.76. The van der Waals surface area contributed by atoms with Gasteiger partial charge >= 0.3 is 5.97 Å². The van der Waals surface area contributed by atoms with Crippen LogP contribution >= 0.6 is 0 Å². The molecule has 0 saturated carbocycles. The molecule has 0 saturated heterocycles. The van der Waals surface area contributed by atoms with Crippen LogP contribution in [0, 0.1) is 11.3 Å². The van der Waals surface area contributed by atoms with Crippen LogP contribution in [-0.2, 0) is 20.9 Å². The Labute approximate surface area is 172 Å². The van der Waals surface area contributed by atoms with Crippen molar-refractivity contribution < 1.29 is 24.6 Å². The molecule has 1 heterocycles. The van der Waals surface area contributed by atoms with E-state index >= 15 is 0 Å². The van der Waals surface area contributed by atoms with Crippen molar-refractivity contribution >= 4 is 17.8 Å². The number of carboxylic acid groups (broad SMARTS) is 1. The van der Waals surface area contributed by atoms with Gasteiger partial charge in [0, 0.05) is 19.5 Å². The molecule has 0 fully saturated rings. The van der Waals surface area contributed by atoms with E-state index in [0.29, 0.717) is 5.56 Å². The monoisotopic (exact) mass is 405 g/mol. The molecule has 2 aromatic carbocycles. The van der Waals surface area contributed by atoms with Gasteiger partial charge in [0.25, 0.3) is 11.8 Å². The van der Waals surface area contributed by atoms with E-state index in [0.717, 1.165) is 16.7 Å². The summed E-state index contributed by atoms with van der Waals surface area (Å²) < 4.78 is 0. The molecule has 1 aliphatic rings. The van der Waals surface area contributed by atoms with Crippen LogP contribution in [0.3, 0.4) is 0 Å². The zero-order chi connectivity index (χ0) is 21.7. The largest absolute Gasteiger partial charge is 0.511 e. The maximum Gasteiger partial charge on any atom is 0.322 e. The molecule has 1 aliphatic heterocycles. The Hall–Kier alpha value is -4.12. The van der Waals surface area contributed by atoms with Crippen LogP contribution in [0.15, 0.2) is 59.9 Å². The summed E-state index contributed by atoms with van der Waals surface area (Å²) in [6.07, 6.45) is 0.116. The second kappa shape index (κ2) is 8.92. The second-order valence-corrected chi connectivity index (χ2v) is 6.76. The minimum absolute atomic E-state index is 0.116. The lowest BCUT2D eigenvalue weighted by Crippen LogP contribution is -2.43. The zero-order valence-corrected chi connectivity index (χ0v) is 16.0. The number of hydrogen-bond donors (Lipinski definition) is 3. The highest BCUT2D eigenvalue weighted by Crippen LogP contribution is 2.23. The lowest BCUT2D eigenvalue weighted by Gasteiger charge is -2.28. The van der Waals surface area contributed by atoms with Crippen molar-refractivity contribution in [1.82, 2.24) is 10.2 Å². The van der Waals surface area contributed by atoms with E-state index in [4.69, 9.17) is 10.4 Å². The lowest BCUT2D eigenvalue weighted by molar-refractivity contribution is -0.138. The smallest absolute Gasteiger partial charge is 0.322 e. The molecule has 0 aromatic heterocycles. The predicted octanol–water partition coefficient (Wildman–Crippen LogP) is 1.97. The van der Waals surface area contributed by atoms with Crippen molar-refractivity contribution in [3.8, 4) is 17.2 Å². The lowest BCUT2D eigenvalue weighted by atomic mass is 10.0. The van der Waals surface area contributed by atoms with Gasteiger partial charge in [0.05, 0.1) is 11.6 Å². The van der Waals surface area contributed by atoms with Gasteiger partial charge in [-0.05, 0) is 28.8 Å². The third kappa shape index (κ3) is 4.64. The topological polar surface area (TPSA) is 131 Å². The number of nitrogens with one attached hydrogen (secondary N) is 1. The van der Waals surface area contributed by atoms with E-state index < -0.39 is 29.9 Å². The molecule has 30 heavy (non-hydrogen) atoms. The number of benzene rings is 2. The molecular formula is C22H19N3O5. The number of rotatable bonds is 6. The first-order chi connectivity index (χ1) is 14.4. The van der Waals surface area contributed by atoms with Crippen LogP contribution in [0.1, 0.15) is 17.5 Å². The Kier molecular flexibility index (Phi) is 6.13. The average Bonchev–Trinajstić information content (AvgIpc) is 2.75. The number of aliphatic hydroxyl groups excluding tert-OH is 1. The number of nitrogens with zero attached hydrogens (tertiary/aromatic N) is 2. The molecule has 3 N–H and O–H groups in total. The molecule has 0 bridgehead atoms. The van der Waals surface area contributed by atoms with Gasteiger partial charge in [-0.25, -0.2) is 0 Å². The maximum atomic E-state index is 12.6. The van der Waals surface area contributed by atoms with Crippen molar-refractivity contribution in [3.05, 3.63) is 71.0 Å². The summed E-state index contributed by atoms with van der Waals surface area (Å²) in [6.45, 7) is -0.146. The van der Waals surface area contributed by atoms with Crippen molar-refractivity contribution in [2.75, 3.05) is 13.1 Å². The number of aliphatic hydroxyl groups is 1. The van der Waals surface area contributed by atoms with Gasteiger partial charge in [0.1, 0.15) is 17.9 Å². The van der Waals surface area contributed by atoms with Crippen LogP contribution in [0.5, 0.6) is 0 Å². The van der Waals surface area contributed by atoms with E-state index in [1.54, 1.807) is 12.1 Å². The molecule has 0 aliphatic carbocycles. The number of nitriles is 1. The van der Waals surface area contributed by atoms with Gasteiger partial charge in [-0.3, -0.25) is 14.4 Å². The molecule has 8 heteroatoms. The van der Waals surface area contributed by atoms with Gasteiger partial charge < -0.3 is 20.4 Å². The van der Waals surface area contributed by atoms with Gasteiger partial charge in [0.15, 0.2) is 0 Å². The molecule has 0 unspecified atom stereocenters. The van der Waals surface area contributed by atoms with Crippen LogP contribution in [-0.4, -0.2) is 46.0 Å². The van der Waals surface area contributed by atoms with Crippen LogP contribution in [0.2, 0.25) is 0 Å². The van der Waals surface area contributed by atoms with Gasteiger partial charge in [-0.15, -0.1) is 0 Å². The van der Waals surface area contributed by atoms with E-state index in [1.165, 1.54) is 4.90 Å². The number of carbonyl (C=O) groups excluding carboxylic acids is 2. The molecule has 8 nitrogen and oxygen atoms in total. The number of hydrogen-bond acceptors (Lipinski definition) is 5. The van der Waals surface area contributed by atoms with Gasteiger partial charge in [-0.1, -0.05) is 36.4 Å². The summed E-state index contributed by atoms with van der Waals surface area (Å²) in [5.74, 6) is -3.13. The molecule has 0 atom stereocenters. The van der Waals surface area contributed by atoms with Crippen LogP contribution < -0.4 is 5.32 Å². The van der Waals surface area contributed by atoms with Crippen molar-refractivity contribution in [1.29, 1.82) is 5.26 Å². The molecule has 0 radical (unpaired) electrons. The Morgan fingerprint density at radius 1 is 1.07 bits per heavy atom. The molecule has 2 amide bonds. The molecule has 0 spiro atoms. The fraction of sp³-hybridized carbons (Fsp3) is 0.182. The van der Waals surface area contributed by atoms with Crippen molar-refractivity contribution in [3.63, 3.8) is 0 Å². The molecule has 152 valence electrons. The first-order valence-corrected chi connectivity index (χ1v) is 9.20. The zero-order valence-electron chi connectivity index (χ0n) is 16.0. The Bertz CT molecular complexity index is 1050. The summed E-state index contributed by atoms with van der Waals surface area (Å²) in [6, 6.07) is 16.8. The van der Waals surface area contributed by atoms with Crippen molar-refractivity contribution in [2.45, 2.75) is 13.0 Å². The standard InChI is InChI=1S/C22H19N3O5/c23-11-14-1-5-16(6-2-14)17-7-3-15(4-8-17)13-25-10-9-18(26)20(22(25)30)21(29)24-12-19(27)28/h1-8,26H,9-10,12-13H2,(H,24,29)(H,27,28). The normalized spacial score (nSPS) is 13.7. The maximum absolute atomic E-state index is 12.6. The third-order valence-electron chi connectivity index (χ3n) is 4.71. The quantitative estimate of drug-likeness (QED) is 0.630. The molecule has 2 aromatic rings. The van der Waals surface area contributed by atoms with Crippen molar-refractivity contribution in [2.24, 2.45) is 0 Å². The Balaban J connectivity index is 1.70. The summed E-state index contributed by atoms with van der Waals surface area (Å²) in [5.41, 5.74) is 2.92. The number of carbonyl (C=O) groups is 3. The minimum Gasteiger partial charge on any atom is -0.511 e. The predicted molar refractivity (Wildman–Crippen MR) is 107 cm³/mol. The van der Waals surface area contributed by atoms with E-state index in [9.17, 15) is 19.5 Å². The van der Waals surface area contributed by atoms with E-state index in [1.807, 2.05) is 36.4 Å². The Morgan fingerprint density at radius 2 is 1.67 bits per heavy atom. The fourth-order valence-corrected chi connectivity index (χ4v) is 3.13. The Morgan fingerprint density at radius 3 is 2.23 bits per heavy atom. The van der Waals surface area contributed by atoms with E-state index in [2.05, 4.69) is 11.4 Å². The van der Waals surface area contributed by atoms with Crippen LogP contribution in [0.4, 0.5) is 0 Å². The van der Waals surface area contributed by atoms with E-state index in [-0.39, 0.29) is 25.3 Å². The first kappa shape index (κ1) is 20.6. The summed E-state index contributed by atoms with van der Waals surface area (Å²) >= 11 is 0. The molecule has 3 rings (SSSR count). The minimum atomic E-state index is -1.24. The van der Waals surface area contributed by atoms with Crippen LogP contribution in [0.25, 0.3) is 11.1 Å².